The van der Waals surface area contributed by atoms with Gasteiger partial charge in [-0.25, -0.2) is 4.79 Å². The van der Waals surface area contributed by atoms with Crippen LogP contribution < -0.4 is 10.6 Å². The van der Waals surface area contributed by atoms with Crippen LogP contribution in [0.4, 0.5) is 10.5 Å². The summed E-state index contributed by atoms with van der Waals surface area (Å²) < 4.78 is 5.24. The van der Waals surface area contributed by atoms with Crippen LogP contribution in [0.15, 0.2) is 18.2 Å². The Morgan fingerprint density at radius 3 is 2.42 bits per heavy atom. The molecular formula is C16H21N3O5. The first kappa shape index (κ1) is 17.7. The molecule has 1 aromatic carbocycles. The lowest BCUT2D eigenvalue weighted by Gasteiger charge is -2.30. The summed E-state index contributed by atoms with van der Waals surface area (Å²) in [6.07, 6.45) is -0.282. The summed E-state index contributed by atoms with van der Waals surface area (Å²) in [5.41, 5.74) is -0.491. The van der Waals surface area contributed by atoms with Crippen LogP contribution in [0.5, 0.6) is 0 Å². The molecule has 1 aliphatic carbocycles. The molecule has 1 atom stereocenters. The first-order valence-electron chi connectivity index (χ1n) is 7.56. The monoisotopic (exact) mass is 335 g/mol. The minimum absolute atomic E-state index is 0.0428. The zero-order valence-electron chi connectivity index (χ0n) is 14.1. The zero-order valence-corrected chi connectivity index (χ0v) is 14.1. The lowest BCUT2D eigenvalue weighted by Crippen LogP contribution is -2.59. The number of likely N-dealkylation sites (N-methyl/N-ethyl adjacent to an activating group) is 1. The van der Waals surface area contributed by atoms with E-state index in [1.165, 1.54) is 19.2 Å². The standard InChI is InChI=1S/C16H21N3O5/c1-15(2,3)24-14(21)18-16(13(20)17-4)8-10-5-6-12(19(22)23)7-11(10)9-16/h5-7H,8-9H2,1-4H3,(H,17,20)(H,18,21). The molecule has 8 heteroatoms. The van der Waals surface area contributed by atoms with Gasteiger partial charge in [-0.3, -0.25) is 14.9 Å². The van der Waals surface area contributed by atoms with Gasteiger partial charge in [-0.15, -0.1) is 0 Å². The molecular weight excluding hydrogens is 314 g/mol. The van der Waals surface area contributed by atoms with E-state index >= 15 is 0 Å². The smallest absolute Gasteiger partial charge is 0.408 e. The largest absolute Gasteiger partial charge is 0.444 e. The van der Waals surface area contributed by atoms with Crippen molar-refractivity contribution in [3.8, 4) is 0 Å². The number of nitro groups is 1. The van der Waals surface area contributed by atoms with Gasteiger partial charge in [0.1, 0.15) is 11.1 Å². The van der Waals surface area contributed by atoms with Crippen molar-refractivity contribution in [2.45, 2.75) is 44.8 Å². The van der Waals surface area contributed by atoms with Gasteiger partial charge in [0.05, 0.1) is 4.92 Å². The maximum atomic E-state index is 12.4. The van der Waals surface area contributed by atoms with E-state index < -0.39 is 22.2 Å². The van der Waals surface area contributed by atoms with Crippen LogP contribution >= 0.6 is 0 Å². The third-order valence-electron chi connectivity index (χ3n) is 3.79. The van der Waals surface area contributed by atoms with E-state index in [1.54, 1.807) is 26.8 Å². The van der Waals surface area contributed by atoms with Crippen molar-refractivity contribution < 1.29 is 19.2 Å². The van der Waals surface area contributed by atoms with Gasteiger partial charge in [0.25, 0.3) is 5.69 Å². The molecule has 0 bridgehead atoms. The molecule has 0 radical (unpaired) electrons. The number of benzene rings is 1. The van der Waals surface area contributed by atoms with E-state index in [1.807, 2.05) is 0 Å². The summed E-state index contributed by atoms with van der Waals surface area (Å²) in [4.78, 5) is 35.0. The highest BCUT2D eigenvalue weighted by Crippen LogP contribution is 2.33. The van der Waals surface area contributed by atoms with Crippen molar-refractivity contribution in [1.82, 2.24) is 10.6 Å². The Bertz CT molecular complexity index is 695. The highest BCUT2D eigenvalue weighted by molar-refractivity contribution is 5.91. The average molecular weight is 335 g/mol. The number of hydrogen-bond acceptors (Lipinski definition) is 5. The van der Waals surface area contributed by atoms with Crippen LogP contribution in [0.1, 0.15) is 31.9 Å². The normalized spacial score (nSPS) is 19.3. The molecule has 2 amide bonds. The van der Waals surface area contributed by atoms with Gasteiger partial charge < -0.3 is 15.4 Å². The van der Waals surface area contributed by atoms with E-state index in [0.29, 0.717) is 5.56 Å². The summed E-state index contributed by atoms with van der Waals surface area (Å²) in [7, 11) is 1.48. The second kappa shape index (κ2) is 6.10. The Morgan fingerprint density at radius 2 is 1.88 bits per heavy atom. The Labute approximate surface area is 139 Å². The SMILES string of the molecule is CNC(=O)C1(NC(=O)OC(C)(C)C)Cc2ccc([N+](=O)[O-])cc2C1. The first-order chi connectivity index (χ1) is 11.1. The molecule has 1 aromatic rings. The van der Waals surface area contributed by atoms with Crippen molar-refractivity contribution in [3.63, 3.8) is 0 Å². The fourth-order valence-electron chi connectivity index (χ4n) is 2.82. The molecule has 0 aliphatic heterocycles. The number of nitrogens with one attached hydrogen (secondary N) is 2. The fourth-order valence-corrected chi connectivity index (χ4v) is 2.82. The number of nitro benzene ring substituents is 1. The zero-order chi connectivity index (χ0) is 18.1. The Morgan fingerprint density at radius 1 is 1.25 bits per heavy atom. The number of non-ortho nitro benzene ring substituents is 1. The van der Waals surface area contributed by atoms with Gasteiger partial charge >= 0.3 is 6.09 Å². The van der Waals surface area contributed by atoms with Crippen molar-refractivity contribution in [1.29, 1.82) is 0 Å². The summed E-state index contributed by atoms with van der Waals surface area (Å²) in [5.74, 6) is -0.368. The number of nitrogens with zero attached hydrogens (tertiary/aromatic N) is 1. The summed E-state index contributed by atoms with van der Waals surface area (Å²) in [5, 5.41) is 16.1. The second-order valence-electron chi connectivity index (χ2n) is 6.85. The van der Waals surface area contributed by atoms with Crippen molar-refractivity contribution in [2.75, 3.05) is 7.05 Å². The number of ether oxygens (including phenoxy) is 1. The van der Waals surface area contributed by atoms with Crippen LogP contribution in [-0.4, -0.2) is 35.1 Å². The van der Waals surface area contributed by atoms with Gasteiger partial charge in [-0.05, 0) is 31.9 Å². The number of carbonyl (C=O) groups excluding carboxylic acids is 2. The van der Waals surface area contributed by atoms with Crippen molar-refractivity contribution in [2.24, 2.45) is 0 Å². The molecule has 8 nitrogen and oxygen atoms in total. The molecule has 24 heavy (non-hydrogen) atoms. The molecule has 0 saturated heterocycles. The predicted octanol–water partition coefficient (Wildman–Crippen LogP) is 1.70. The van der Waals surface area contributed by atoms with Crippen molar-refractivity contribution in [3.05, 3.63) is 39.4 Å². The maximum absolute atomic E-state index is 12.4. The van der Waals surface area contributed by atoms with Gasteiger partial charge in [0.2, 0.25) is 5.91 Å². The van der Waals surface area contributed by atoms with E-state index in [-0.39, 0.29) is 24.4 Å². The summed E-state index contributed by atoms with van der Waals surface area (Å²) in [6, 6.07) is 4.46. The molecule has 0 aromatic heterocycles. The number of amides is 2. The molecule has 0 spiro atoms. The van der Waals surface area contributed by atoms with E-state index in [2.05, 4.69) is 10.6 Å². The molecule has 2 rings (SSSR count). The number of fused-ring (bicyclic) bond motifs is 1. The molecule has 1 aliphatic rings. The van der Waals surface area contributed by atoms with Crippen LogP contribution in [0.25, 0.3) is 0 Å². The quantitative estimate of drug-likeness (QED) is 0.645. The Kier molecular flexibility index (Phi) is 4.50. The highest BCUT2D eigenvalue weighted by Gasteiger charge is 2.46. The minimum Gasteiger partial charge on any atom is -0.444 e. The molecule has 130 valence electrons. The fraction of sp³-hybridized carbons (Fsp3) is 0.500. The predicted molar refractivity (Wildman–Crippen MR) is 86.7 cm³/mol. The maximum Gasteiger partial charge on any atom is 0.408 e. The van der Waals surface area contributed by atoms with Crippen LogP contribution in [0.3, 0.4) is 0 Å². The summed E-state index contributed by atoms with van der Waals surface area (Å²) >= 11 is 0. The van der Waals surface area contributed by atoms with Gasteiger partial charge in [0.15, 0.2) is 0 Å². The van der Waals surface area contributed by atoms with Gasteiger partial charge in [0, 0.05) is 32.0 Å². The van der Waals surface area contributed by atoms with Crippen LogP contribution in [0.2, 0.25) is 0 Å². The highest BCUT2D eigenvalue weighted by atomic mass is 16.6. The van der Waals surface area contributed by atoms with Crippen molar-refractivity contribution >= 4 is 17.7 Å². The van der Waals surface area contributed by atoms with Gasteiger partial charge in [-0.1, -0.05) is 6.07 Å². The topological polar surface area (TPSA) is 111 Å². The molecule has 0 fully saturated rings. The molecule has 0 heterocycles. The lowest BCUT2D eigenvalue weighted by atomic mass is 9.94. The first-order valence-corrected chi connectivity index (χ1v) is 7.56. The summed E-state index contributed by atoms with van der Waals surface area (Å²) in [6.45, 7) is 5.18. The molecule has 1 unspecified atom stereocenters. The third-order valence-corrected chi connectivity index (χ3v) is 3.79. The lowest BCUT2D eigenvalue weighted by molar-refractivity contribution is -0.384. The average Bonchev–Trinajstić information content (AvgIpc) is 2.82. The molecule has 0 saturated carbocycles. The third kappa shape index (κ3) is 3.64. The number of hydrogen-bond donors (Lipinski definition) is 2. The van der Waals surface area contributed by atoms with Crippen LogP contribution in [-0.2, 0) is 22.4 Å². The Balaban J connectivity index is 2.29. The number of rotatable bonds is 3. The van der Waals surface area contributed by atoms with E-state index in [9.17, 15) is 19.7 Å². The van der Waals surface area contributed by atoms with E-state index in [4.69, 9.17) is 4.74 Å². The number of alkyl carbamates (subject to hydrolysis) is 1. The Hall–Kier alpha value is -2.64. The van der Waals surface area contributed by atoms with Crippen LogP contribution in [0, 0.1) is 10.1 Å². The molecule has 2 N–H and O–H groups in total. The minimum atomic E-state index is -1.21. The second-order valence-corrected chi connectivity index (χ2v) is 6.85. The van der Waals surface area contributed by atoms with Gasteiger partial charge in [-0.2, -0.15) is 0 Å². The number of carbonyl (C=O) groups is 2. The van der Waals surface area contributed by atoms with E-state index in [0.717, 1.165) is 5.56 Å².